The Kier molecular flexibility index (Phi) is 2.76. The number of benzene rings is 1. The highest BCUT2D eigenvalue weighted by molar-refractivity contribution is 7.94. The molecule has 2 aromatic heterocycles. The molecule has 0 aliphatic carbocycles. The minimum absolute atomic E-state index is 0.134. The molecule has 5 nitrogen and oxygen atoms in total. The Hall–Kier alpha value is -1.93. The van der Waals surface area contributed by atoms with E-state index >= 15 is 0 Å². The van der Waals surface area contributed by atoms with E-state index < -0.39 is 15.8 Å². The molecule has 0 unspecified atom stereocenters. The average molecular weight is 297 g/mol. The normalized spacial score (nSPS) is 11.8. The van der Waals surface area contributed by atoms with Crippen molar-refractivity contribution in [1.82, 2.24) is 10.2 Å². The lowest BCUT2D eigenvalue weighted by Crippen LogP contribution is -2.10. The second-order valence-corrected chi connectivity index (χ2v) is 6.83. The Morgan fingerprint density at radius 1 is 1.32 bits per heavy atom. The van der Waals surface area contributed by atoms with Crippen LogP contribution in [0.25, 0.3) is 10.1 Å². The van der Waals surface area contributed by atoms with Crippen LogP contribution < -0.4 is 4.72 Å². The summed E-state index contributed by atoms with van der Waals surface area (Å²) in [6, 6.07) is 5.62. The lowest BCUT2D eigenvalue weighted by molar-refractivity contribution is 0.603. The average Bonchev–Trinajstić information content (AvgIpc) is 2.96. The van der Waals surface area contributed by atoms with E-state index in [2.05, 4.69) is 14.9 Å². The monoisotopic (exact) mass is 297 g/mol. The van der Waals surface area contributed by atoms with Gasteiger partial charge < -0.3 is 0 Å². The summed E-state index contributed by atoms with van der Waals surface area (Å²) >= 11 is 1.09. The molecule has 3 aromatic rings. The van der Waals surface area contributed by atoms with Crippen molar-refractivity contribution in [1.29, 1.82) is 0 Å². The van der Waals surface area contributed by atoms with Crippen molar-refractivity contribution in [3.63, 3.8) is 0 Å². The Balaban J connectivity index is 2.03. The first-order valence-corrected chi connectivity index (χ1v) is 7.55. The van der Waals surface area contributed by atoms with Gasteiger partial charge in [0.1, 0.15) is 10.0 Å². The smallest absolute Gasteiger partial charge is 0.271 e. The van der Waals surface area contributed by atoms with E-state index in [0.29, 0.717) is 15.8 Å². The molecule has 0 saturated heterocycles. The molecule has 2 N–H and O–H groups in total. The largest absolute Gasteiger partial charge is 0.284 e. The Morgan fingerprint density at radius 3 is 2.89 bits per heavy atom. The van der Waals surface area contributed by atoms with E-state index in [9.17, 15) is 12.8 Å². The topological polar surface area (TPSA) is 74.8 Å². The standard InChI is InChI=1S/C11H8FN3O2S2/c12-8-1-2-10-7(3-8)4-11(18-10)19(16,17)15-9-5-13-14-6-9/h1-6,15H,(H,13,14). The molecule has 2 heterocycles. The fourth-order valence-corrected chi connectivity index (χ4v) is 4.05. The zero-order valence-corrected chi connectivity index (χ0v) is 11.1. The molecule has 0 atom stereocenters. The van der Waals surface area contributed by atoms with Crippen molar-refractivity contribution in [2.24, 2.45) is 0 Å². The first kappa shape index (κ1) is 12.1. The third kappa shape index (κ3) is 2.32. The summed E-state index contributed by atoms with van der Waals surface area (Å²) in [5.41, 5.74) is 0.351. The fourth-order valence-electron chi connectivity index (χ4n) is 1.63. The molecular formula is C11H8FN3O2S2. The van der Waals surface area contributed by atoms with Crippen LogP contribution >= 0.6 is 11.3 Å². The van der Waals surface area contributed by atoms with Crippen LogP contribution in [0.2, 0.25) is 0 Å². The number of nitrogens with zero attached hydrogens (tertiary/aromatic N) is 1. The summed E-state index contributed by atoms with van der Waals surface area (Å²) in [6.45, 7) is 0. The number of anilines is 1. The number of aromatic nitrogens is 2. The predicted molar refractivity (Wildman–Crippen MR) is 71.2 cm³/mol. The molecule has 8 heteroatoms. The van der Waals surface area contributed by atoms with Gasteiger partial charge in [0.15, 0.2) is 0 Å². The van der Waals surface area contributed by atoms with Crippen LogP contribution in [0.3, 0.4) is 0 Å². The molecule has 19 heavy (non-hydrogen) atoms. The van der Waals surface area contributed by atoms with Gasteiger partial charge in [0.25, 0.3) is 10.0 Å². The minimum Gasteiger partial charge on any atom is -0.284 e. The summed E-state index contributed by atoms with van der Waals surface area (Å²) in [6.07, 6.45) is 2.80. The van der Waals surface area contributed by atoms with Crippen molar-refractivity contribution in [2.75, 3.05) is 4.72 Å². The van der Waals surface area contributed by atoms with Crippen LogP contribution in [-0.2, 0) is 10.0 Å². The number of fused-ring (bicyclic) bond motifs is 1. The number of hydrogen-bond donors (Lipinski definition) is 2. The summed E-state index contributed by atoms with van der Waals surface area (Å²) < 4.78 is 40.5. The van der Waals surface area contributed by atoms with E-state index in [1.165, 1.54) is 30.6 Å². The number of H-pyrrole nitrogens is 1. The number of rotatable bonds is 3. The van der Waals surface area contributed by atoms with Gasteiger partial charge in [0.2, 0.25) is 0 Å². The highest BCUT2D eigenvalue weighted by Crippen LogP contribution is 2.30. The molecule has 3 rings (SSSR count). The maximum Gasteiger partial charge on any atom is 0.271 e. The number of aromatic amines is 1. The van der Waals surface area contributed by atoms with Crippen molar-refractivity contribution in [3.05, 3.63) is 42.5 Å². The van der Waals surface area contributed by atoms with E-state index in [1.807, 2.05) is 0 Å². The van der Waals surface area contributed by atoms with Crippen molar-refractivity contribution >= 4 is 37.1 Å². The molecule has 0 aliphatic rings. The van der Waals surface area contributed by atoms with Crippen LogP contribution in [0.5, 0.6) is 0 Å². The maximum atomic E-state index is 13.1. The zero-order chi connectivity index (χ0) is 13.5. The Morgan fingerprint density at radius 2 is 2.16 bits per heavy atom. The van der Waals surface area contributed by atoms with Crippen LogP contribution in [0, 0.1) is 5.82 Å². The van der Waals surface area contributed by atoms with Gasteiger partial charge in [-0.2, -0.15) is 5.10 Å². The second kappa shape index (κ2) is 4.32. The van der Waals surface area contributed by atoms with Crippen molar-refractivity contribution < 1.29 is 12.8 Å². The quantitative estimate of drug-likeness (QED) is 0.780. The molecular weight excluding hydrogens is 289 g/mol. The fraction of sp³-hybridized carbons (Fsp3) is 0. The summed E-state index contributed by atoms with van der Waals surface area (Å²) in [4.78, 5) is 0. The van der Waals surface area contributed by atoms with Gasteiger partial charge in [-0.05, 0) is 29.7 Å². The van der Waals surface area contributed by atoms with Gasteiger partial charge in [-0.25, -0.2) is 12.8 Å². The molecule has 0 fully saturated rings. The van der Waals surface area contributed by atoms with Gasteiger partial charge in [-0.15, -0.1) is 11.3 Å². The van der Waals surface area contributed by atoms with Gasteiger partial charge in [-0.3, -0.25) is 9.82 Å². The molecule has 0 radical (unpaired) electrons. The lowest BCUT2D eigenvalue weighted by Gasteiger charge is -2.01. The van der Waals surface area contributed by atoms with Crippen LogP contribution in [0.4, 0.5) is 10.1 Å². The molecule has 98 valence electrons. The van der Waals surface area contributed by atoms with Crippen LogP contribution in [0.15, 0.2) is 40.9 Å². The third-order valence-electron chi connectivity index (χ3n) is 2.47. The first-order chi connectivity index (χ1) is 9.04. The molecule has 0 amide bonds. The predicted octanol–water partition coefficient (Wildman–Crippen LogP) is 2.56. The number of halogens is 1. The van der Waals surface area contributed by atoms with Crippen LogP contribution in [0.1, 0.15) is 0 Å². The van der Waals surface area contributed by atoms with Gasteiger partial charge in [0, 0.05) is 10.9 Å². The number of hydrogen-bond acceptors (Lipinski definition) is 4. The van der Waals surface area contributed by atoms with Gasteiger partial charge in [-0.1, -0.05) is 0 Å². The van der Waals surface area contributed by atoms with E-state index in [0.717, 1.165) is 11.3 Å². The molecule has 0 saturated carbocycles. The van der Waals surface area contributed by atoms with E-state index in [4.69, 9.17) is 0 Å². The molecule has 0 bridgehead atoms. The highest BCUT2D eigenvalue weighted by atomic mass is 32.2. The molecule has 0 spiro atoms. The molecule has 1 aromatic carbocycles. The third-order valence-corrected chi connectivity index (χ3v) is 5.44. The Bertz CT molecular complexity index is 825. The van der Waals surface area contributed by atoms with Crippen LogP contribution in [-0.4, -0.2) is 18.6 Å². The lowest BCUT2D eigenvalue weighted by atomic mass is 10.3. The van der Waals surface area contributed by atoms with Gasteiger partial charge in [0.05, 0.1) is 11.9 Å². The number of sulfonamides is 1. The van der Waals surface area contributed by atoms with Gasteiger partial charge >= 0.3 is 0 Å². The van der Waals surface area contributed by atoms with Crippen molar-refractivity contribution in [3.8, 4) is 0 Å². The van der Waals surface area contributed by atoms with E-state index in [1.54, 1.807) is 6.07 Å². The Labute approximate surface area is 112 Å². The second-order valence-electron chi connectivity index (χ2n) is 3.84. The summed E-state index contributed by atoms with van der Waals surface area (Å²) in [5, 5.41) is 6.74. The summed E-state index contributed by atoms with van der Waals surface area (Å²) in [7, 11) is -3.67. The van der Waals surface area contributed by atoms with E-state index in [-0.39, 0.29) is 4.21 Å². The summed E-state index contributed by atoms with van der Waals surface area (Å²) in [5.74, 6) is -0.392. The molecule has 0 aliphatic heterocycles. The zero-order valence-electron chi connectivity index (χ0n) is 9.42. The minimum atomic E-state index is -3.67. The SMILES string of the molecule is O=S(=O)(Nc1cn[nH]c1)c1cc2cc(F)ccc2s1. The van der Waals surface area contributed by atoms with Crippen molar-refractivity contribution in [2.45, 2.75) is 4.21 Å². The number of thiophene rings is 1. The maximum absolute atomic E-state index is 13.1. The first-order valence-electron chi connectivity index (χ1n) is 5.25. The number of nitrogens with one attached hydrogen (secondary N) is 2. The highest BCUT2D eigenvalue weighted by Gasteiger charge is 2.18.